The minimum absolute atomic E-state index is 0.0565. The molecule has 27 heavy (non-hydrogen) atoms. The molecule has 0 unspecified atom stereocenters. The third-order valence-electron chi connectivity index (χ3n) is 3.69. The Morgan fingerprint density at radius 3 is 2.26 bits per heavy atom. The van der Waals surface area contributed by atoms with E-state index in [1.807, 2.05) is 0 Å². The van der Waals surface area contributed by atoms with Crippen molar-refractivity contribution in [2.75, 3.05) is 5.32 Å². The molecule has 138 valence electrons. The highest BCUT2D eigenvalue weighted by Gasteiger charge is 2.35. The fraction of sp³-hybridized carbons (Fsp3) is 0.105. The Labute approximate surface area is 156 Å². The molecule has 0 aliphatic heterocycles. The average molecular weight is 390 g/mol. The lowest BCUT2D eigenvalue weighted by Gasteiger charge is -2.11. The maximum absolute atomic E-state index is 13.1. The van der Waals surface area contributed by atoms with Crippen LogP contribution in [0.5, 0.6) is 0 Å². The van der Waals surface area contributed by atoms with E-state index in [-0.39, 0.29) is 10.9 Å². The van der Waals surface area contributed by atoms with Gasteiger partial charge in [0.15, 0.2) is 10.9 Å². The second-order valence-corrected chi connectivity index (χ2v) is 6.62. The fourth-order valence-electron chi connectivity index (χ4n) is 2.50. The number of carbonyl (C=O) groups is 2. The SMILES string of the molecule is CC(=O)c1sc(NC(=O)c2ccccc2C(F)(F)F)nc1-c1ccccc1. The van der Waals surface area contributed by atoms with Crippen molar-refractivity contribution < 1.29 is 22.8 Å². The lowest BCUT2D eigenvalue weighted by atomic mass is 10.1. The quantitative estimate of drug-likeness (QED) is 0.617. The van der Waals surface area contributed by atoms with E-state index in [4.69, 9.17) is 0 Å². The van der Waals surface area contributed by atoms with Crippen LogP contribution in [0.2, 0.25) is 0 Å². The number of thiazole rings is 1. The smallest absolute Gasteiger partial charge is 0.298 e. The number of carbonyl (C=O) groups excluding carboxylic acids is 2. The molecule has 1 amide bonds. The molecule has 0 radical (unpaired) electrons. The zero-order chi connectivity index (χ0) is 19.6. The number of aromatic nitrogens is 1. The molecule has 0 saturated heterocycles. The lowest BCUT2D eigenvalue weighted by molar-refractivity contribution is -0.137. The van der Waals surface area contributed by atoms with Crippen LogP contribution in [0, 0.1) is 0 Å². The van der Waals surface area contributed by atoms with Crippen LogP contribution in [0.25, 0.3) is 11.3 Å². The number of Topliss-reactive ketones (excluding diaryl/α,β-unsaturated/α-hetero) is 1. The number of alkyl halides is 3. The summed E-state index contributed by atoms with van der Waals surface area (Å²) in [6.45, 7) is 1.37. The number of hydrogen-bond donors (Lipinski definition) is 1. The predicted molar refractivity (Wildman–Crippen MR) is 97.0 cm³/mol. The van der Waals surface area contributed by atoms with E-state index in [2.05, 4.69) is 10.3 Å². The number of amides is 1. The van der Waals surface area contributed by atoms with Crippen LogP contribution in [0.4, 0.5) is 18.3 Å². The molecule has 3 aromatic rings. The number of nitrogens with one attached hydrogen (secondary N) is 1. The van der Waals surface area contributed by atoms with Crippen molar-refractivity contribution >= 4 is 28.2 Å². The molecule has 0 atom stereocenters. The van der Waals surface area contributed by atoms with Gasteiger partial charge in [-0.05, 0) is 12.1 Å². The molecule has 0 bridgehead atoms. The first-order valence-electron chi connectivity index (χ1n) is 7.82. The fourth-order valence-corrected chi connectivity index (χ4v) is 3.37. The molecule has 0 fully saturated rings. The molecule has 1 heterocycles. The Kier molecular flexibility index (Phi) is 5.09. The standard InChI is InChI=1S/C19H13F3N2O2S/c1-11(25)16-15(12-7-3-2-4-8-12)23-18(27-16)24-17(26)13-9-5-6-10-14(13)19(20,21)22/h2-10H,1H3,(H,23,24,26). The molecule has 8 heteroatoms. The third-order valence-corrected chi connectivity index (χ3v) is 4.76. The van der Waals surface area contributed by atoms with Gasteiger partial charge in [0.1, 0.15) is 0 Å². The van der Waals surface area contributed by atoms with Crippen molar-refractivity contribution in [3.8, 4) is 11.3 Å². The summed E-state index contributed by atoms with van der Waals surface area (Å²) < 4.78 is 39.3. The highest BCUT2D eigenvalue weighted by Crippen LogP contribution is 2.34. The summed E-state index contributed by atoms with van der Waals surface area (Å²) >= 11 is 0.925. The number of ketones is 1. The largest absolute Gasteiger partial charge is 0.417 e. The van der Waals surface area contributed by atoms with Crippen molar-refractivity contribution in [2.45, 2.75) is 13.1 Å². The van der Waals surface area contributed by atoms with Gasteiger partial charge in [-0.2, -0.15) is 13.2 Å². The summed E-state index contributed by atoms with van der Waals surface area (Å²) in [6.07, 6.45) is -4.66. The number of benzene rings is 2. The molecule has 4 nitrogen and oxygen atoms in total. The highest BCUT2D eigenvalue weighted by atomic mass is 32.1. The molecule has 0 saturated carbocycles. The number of anilines is 1. The molecule has 3 rings (SSSR count). The number of hydrogen-bond acceptors (Lipinski definition) is 4. The molecule has 1 N–H and O–H groups in total. The molecule has 1 aromatic heterocycles. The highest BCUT2D eigenvalue weighted by molar-refractivity contribution is 7.18. The molecule has 0 aliphatic carbocycles. The van der Waals surface area contributed by atoms with Crippen molar-refractivity contribution in [3.63, 3.8) is 0 Å². The van der Waals surface area contributed by atoms with Gasteiger partial charge in [0, 0.05) is 12.5 Å². The van der Waals surface area contributed by atoms with E-state index < -0.39 is 23.2 Å². The minimum Gasteiger partial charge on any atom is -0.298 e. The van der Waals surface area contributed by atoms with Gasteiger partial charge in [0.2, 0.25) is 0 Å². The summed E-state index contributed by atoms with van der Waals surface area (Å²) in [4.78, 5) is 28.8. The van der Waals surface area contributed by atoms with E-state index in [9.17, 15) is 22.8 Å². The van der Waals surface area contributed by atoms with Crippen molar-refractivity contribution in [3.05, 3.63) is 70.6 Å². The van der Waals surface area contributed by atoms with Gasteiger partial charge < -0.3 is 0 Å². The summed E-state index contributed by atoms with van der Waals surface area (Å²) in [6, 6.07) is 13.4. The Bertz CT molecular complexity index is 998. The first kappa shape index (κ1) is 18.8. The number of halogens is 3. The molecular weight excluding hydrogens is 377 g/mol. The Morgan fingerprint density at radius 1 is 1.00 bits per heavy atom. The van der Waals surface area contributed by atoms with Crippen LogP contribution in [0.1, 0.15) is 32.5 Å². The van der Waals surface area contributed by atoms with E-state index in [1.54, 1.807) is 30.3 Å². The zero-order valence-corrected chi connectivity index (χ0v) is 14.8. The van der Waals surface area contributed by atoms with E-state index in [0.717, 1.165) is 23.5 Å². The maximum Gasteiger partial charge on any atom is 0.417 e. The monoisotopic (exact) mass is 390 g/mol. The van der Waals surface area contributed by atoms with Crippen molar-refractivity contribution in [2.24, 2.45) is 0 Å². The Balaban J connectivity index is 1.96. The molecular formula is C19H13F3N2O2S. The van der Waals surface area contributed by atoms with Gasteiger partial charge in [-0.1, -0.05) is 53.8 Å². The van der Waals surface area contributed by atoms with Crippen LogP contribution in [-0.4, -0.2) is 16.7 Å². The zero-order valence-electron chi connectivity index (χ0n) is 14.0. The van der Waals surface area contributed by atoms with Crippen LogP contribution in [-0.2, 0) is 6.18 Å². The van der Waals surface area contributed by atoms with Crippen molar-refractivity contribution in [1.29, 1.82) is 0 Å². The van der Waals surface area contributed by atoms with Crippen LogP contribution >= 0.6 is 11.3 Å². The van der Waals surface area contributed by atoms with Gasteiger partial charge in [-0.3, -0.25) is 14.9 Å². The second-order valence-electron chi connectivity index (χ2n) is 5.62. The molecule has 2 aromatic carbocycles. The van der Waals surface area contributed by atoms with E-state index in [0.29, 0.717) is 16.1 Å². The minimum atomic E-state index is -4.66. The van der Waals surface area contributed by atoms with Crippen LogP contribution in [0.15, 0.2) is 54.6 Å². The van der Waals surface area contributed by atoms with Gasteiger partial charge in [0.25, 0.3) is 5.91 Å². The van der Waals surface area contributed by atoms with Gasteiger partial charge in [0.05, 0.1) is 21.7 Å². The Morgan fingerprint density at radius 2 is 1.63 bits per heavy atom. The summed E-state index contributed by atoms with van der Waals surface area (Å²) in [5.41, 5.74) is -0.484. The Hall–Kier alpha value is -3.00. The van der Waals surface area contributed by atoms with Crippen LogP contribution < -0.4 is 5.32 Å². The first-order chi connectivity index (χ1) is 12.8. The van der Waals surface area contributed by atoms with E-state index in [1.165, 1.54) is 19.1 Å². The van der Waals surface area contributed by atoms with Gasteiger partial charge >= 0.3 is 6.18 Å². The first-order valence-corrected chi connectivity index (χ1v) is 8.64. The molecule has 0 spiro atoms. The topological polar surface area (TPSA) is 59.1 Å². The normalized spacial score (nSPS) is 11.3. The third kappa shape index (κ3) is 4.06. The lowest BCUT2D eigenvalue weighted by Crippen LogP contribution is -2.18. The maximum atomic E-state index is 13.1. The summed E-state index contributed by atoms with van der Waals surface area (Å²) in [7, 11) is 0. The van der Waals surface area contributed by atoms with Crippen molar-refractivity contribution in [1.82, 2.24) is 4.98 Å². The van der Waals surface area contributed by atoms with Gasteiger partial charge in [-0.15, -0.1) is 0 Å². The number of rotatable bonds is 4. The second kappa shape index (κ2) is 7.32. The predicted octanol–water partition coefficient (Wildman–Crippen LogP) is 5.28. The summed E-state index contributed by atoms with van der Waals surface area (Å²) in [5.74, 6) is -1.19. The average Bonchev–Trinajstić information content (AvgIpc) is 3.06. The van der Waals surface area contributed by atoms with Gasteiger partial charge in [-0.25, -0.2) is 4.98 Å². The number of nitrogens with zero attached hydrogens (tertiary/aromatic N) is 1. The molecule has 0 aliphatic rings. The van der Waals surface area contributed by atoms with E-state index >= 15 is 0 Å². The summed E-state index contributed by atoms with van der Waals surface area (Å²) in [5, 5.41) is 2.43. The van der Waals surface area contributed by atoms with Crippen LogP contribution in [0.3, 0.4) is 0 Å².